The maximum Gasteiger partial charge on any atom is 0.287 e. The predicted molar refractivity (Wildman–Crippen MR) is 114 cm³/mol. The molecule has 6 nitrogen and oxygen atoms in total. The number of fused-ring (bicyclic) bond motifs is 2. The third-order valence-corrected chi connectivity index (χ3v) is 5.38. The van der Waals surface area contributed by atoms with Gasteiger partial charge < -0.3 is 14.8 Å². The highest BCUT2D eigenvalue weighted by atomic mass is 35.5. The van der Waals surface area contributed by atoms with E-state index in [1.54, 1.807) is 28.8 Å². The Morgan fingerprint density at radius 2 is 1.93 bits per heavy atom. The van der Waals surface area contributed by atoms with E-state index in [2.05, 4.69) is 10.3 Å². The Hall–Kier alpha value is -3.22. The number of nitrogens with zero attached hydrogens (tertiary/aromatic N) is 2. The summed E-state index contributed by atoms with van der Waals surface area (Å²) < 4.78 is 12.4. The van der Waals surface area contributed by atoms with Gasteiger partial charge in [0, 0.05) is 23.3 Å². The van der Waals surface area contributed by atoms with E-state index in [1.165, 1.54) is 0 Å². The van der Waals surface area contributed by atoms with Crippen molar-refractivity contribution in [1.82, 2.24) is 14.7 Å². The summed E-state index contributed by atoms with van der Waals surface area (Å²) in [5.74, 6) is 1.35. The standard InChI is InChI=1S/C22H15Cl2N3O3/c23-14-5-6-15(16(24)10-14)20-17-3-1-2-8-27(17)21(26-20)22(28)25-11-13-4-7-18-19(9-13)30-12-29-18/h1-10H,11-12H2,(H,25,28). The molecule has 0 atom stereocenters. The number of carbonyl (C=O) groups is 1. The van der Waals surface area contributed by atoms with Crippen LogP contribution in [0, 0.1) is 0 Å². The first kappa shape index (κ1) is 18.8. The highest BCUT2D eigenvalue weighted by molar-refractivity contribution is 6.36. The quantitative estimate of drug-likeness (QED) is 0.487. The minimum Gasteiger partial charge on any atom is -0.454 e. The van der Waals surface area contributed by atoms with Crippen LogP contribution in [0.25, 0.3) is 16.8 Å². The van der Waals surface area contributed by atoms with Gasteiger partial charge in [0.2, 0.25) is 12.6 Å². The Kier molecular flexibility index (Phi) is 4.73. The molecule has 0 bridgehead atoms. The fraction of sp³-hybridized carbons (Fsp3) is 0.0909. The molecule has 1 N–H and O–H groups in total. The van der Waals surface area contributed by atoms with E-state index in [9.17, 15) is 4.79 Å². The average molecular weight is 440 g/mol. The van der Waals surface area contributed by atoms with Crippen molar-refractivity contribution < 1.29 is 14.3 Å². The van der Waals surface area contributed by atoms with Crippen molar-refractivity contribution in [2.75, 3.05) is 6.79 Å². The van der Waals surface area contributed by atoms with Gasteiger partial charge in [-0.2, -0.15) is 0 Å². The number of benzene rings is 2. The number of hydrogen-bond acceptors (Lipinski definition) is 4. The second-order valence-electron chi connectivity index (χ2n) is 6.73. The summed E-state index contributed by atoms with van der Waals surface area (Å²) >= 11 is 12.4. The number of carbonyl (C=O) groups excluding carboxylic acids is 1. The van der Waals surface area contributed by atoms with Crippen molar-refractivity contribution in [3.63, 3.8) is 0 Å². The van der Waals surface area contributed by atoms with E-state index in [4.69, 9.17) is 32.7 Å². The molecule has 0 fully saturated rings. The molecular formula is C22H15Cl2N3O3. The Bertz CT molecular complexity index is 1290. The summed E-state index contributed by atoms with van der Waals surface area (Å²) in [5.41, 5.74) is 2.99. The fourth-order valence-electron chi connectivity index (χ4n) is 3.39. The molecule has 30 heavy (non-hydrogen) atoms. The van der Waals surface area contributed by atoms with Gasteiger partial charge in [-0.3, -0.25) is 9.20 Å². The topological polar surface area (TPSA) is 64.9 Å². The molecular weight excluding hydrogens is 425 g/mol. The summed E-state index contributed by atoms with van der Waals surface area (Å²) in [4.78, 5) is 17.5. The highest BCUT2D eigenvalue weighted by Gasteiger charge is 2.20. The van der Waals surface area contributed by atoms with Gasteiger partial charge in [0.15, 0.2) is 11.5 Å². The van der Waals surface area contributed by atoms with E-state index < -0.39 is 0 Å². The molecule has 0 saturated carbocycles. The van der Waals surface area contributed by atoms with Crippen molar-refractivity contribution in [1.29, 1.82) is 0 Å². The number of halogens is 2. The first-order valence-electron chi connectivity index (χ1n) is 9.19. The zero-order valence-electron chi connectivity index (χ0n) is 15.6. The van der Waals surface area contributed by atoms with E-state index in [0.717, 1.165) is 11.1 Å². The maximum atomic E-state index is 12.9. The molecule has 8 heteroatoms. The van der Waals surface area contributed by atoms with Gasteiger partial charge in [-0.25, -0.2) is 4.98 Å². The van der Waals surface area contributed by atoms with Gasteiger partial charge in [-0.05, 0) is 48.0 Å². The molecule has 1 aliphatic heterocycles. The first-order valence-corrected chi connectivity index (χ1v) is 9.95. The SMILES string of the molecule is O=C(NCc1ccc2c(c1)OCO2)c1nc(-c2ccc(Cl)cc2Cl)c2ccccn12. The number of amides is 1. The number of ether oxygens (including phenoxy) is 2. The summed E-state index contributed by atoms with van der Waals surface area (Å²) in [5, 5.41) is 3.92. The molecule has 4 aromatic rings. The van der Waals surface area contributed by atoms with Crippen LogP contribution < -0.4 is 14.8 Å². The number of aromatic nitrogens is 2. The molecule has 1 aliphatic rings. The lowest BCUT2D eigenvalue weighted by Crippen LogP contribution is -2.25. The van der Waals surface area contributed by atoms with Crippen LogP contribution in [-0.2, 0) is 6.54 Å². The van der Waals surface area contributed by atoms with Crippen molar-refractivity contribution in [3.8, 4) is 22.8 Å². The number of pyridine rings is 1. The predicted octanol–water partition coefficient (Wildman–Crippen LogP) is 4.97. The Morgan fingerprint density at radius 1 is 1.07 bits per heavy atom. The zero-order chi connectivity index (χ0) is 20.7. The van der Waals surface area contributed by atoms with Crippen LogP contribution in [0.1, 0.15) is 16.2 Å². The molecule has 3 heterocycles. The zero-order valence-corrected chi connectivity index (χ0v) is 17.1. The number of hydrogen-bond donors (Lipinski definition) is 1. The molecule has 5 rings (SSSR count). The molecule has 0 radical (unpaired) electrons. The highest BCUT2D eigenvalue weighted by Crippen LogP contribution is 2.34. The van der Waals surface area contributed by atoms with E-state index in [1.807, 2.05) is 36.4 Å². The van der Waals surface area contributed by atoms with E-state index >= 15 is 0 Å². The van der Waals surface area contributed by atoms with Crippen LogP contribution in [-0.4, -0.2) is 22.1 Å². The third kappa shape index (κ3) is 3.34. The van der Waals surface area contributed by atoms with Gasteiger partial charge in [-0.15, -0.1) is 0 Å². The summed E-state index contributed by atoms with van der Waals surface area (Å²) in [7, 11) is 0. The lowest BCUT2D eigenvalue weighted by Gasteiger charge is -2.06. The van der Waals surface area contributed by atoms with Gasteiger partial charge >= 0.3 is 0 Å². The second-order valence-corrected chi connectivity index (χ2v) is 7.58. The molecule has 0 aliphatic carbocycles. The van der Waals surface area contributed by atoms with Crippen LogP contribution in [0.2, 0.25) is 10.0 Å². The Labute approximate surface area is 182 Å². The molecule has 1 amide bonds. The maximum absolute atomic E-state index is 12.9. The molecule has 2 aromatic carbocycles. The van der Waals surface area contributed by atoms with Gasteiger partial charge in [0.05, 0.1) is 16.2 Å². The van der Waals surface area contributed by atoms with Crippen molar-refractivity contribution in [2.24, 2.45) is 0 Å². The number of nitrogens with one attached hydrogen (secondary N) is 1. The summed E-state index contributed by atoms with van der Waals surface area (Å²) in [6.45, 7) is 0.537. The van der Waals surface area contributed by atoms with Crippen LogP contribution in [0.5, 0.6) is 11.5 Å². The number of imidazole rings is 1. The molecule has 0 unspecified atom stereocenters. The summed E-state index contributed by atoms with van der Waals surface area (Å²) in [6, 6.07) is 16.4. The minimum absolute atomic E-state index is 0.210. The summed E-state index contributed by atoms with van der Waals surface area (Å²) in [6.07, 6.45) is 1.80. The van der Waals surface area contributed by atoms with Crippen LogP contribution >= 0.6 is 23.2 Å². The van der Waals surface area contributed by atoms with Crippen molar-refractivity contribution in [3.05, 3.63) is 82.2 Å². The van der Waals surface area contributed by atoms with Crippen LogP contribution in [0.4, 0.5) is 0 Å². The monoisotopic (exact) mass is 439 g/mol. The van der Waals surface area contributed by atoms with Crippen LogP contribution in [0.15, 0.2) is 60.8 Å². The van der Waals surface area contributed by atoms with E-state index in [0.29, 0.717) is 39.3 Å². The largest absolute Gasteiger partial charge is 0.454 e. The Balaban J connectivity index is 1.46. The van der Waals surface area contributed by atoms with Gasteiger partial charge in [-0.1, -0.05) is 35.3 Å². The smallest absolute Gasteiger partial charge is 0.287 e. The molecule has 0 spiro atoms. The average Bonchev–Trinajstić information content (AvgIpc) is 3.36. The van der Waals surface area contributed by atoms with Crippen molar-refractivity contribution >= 4 is 34.6 Å². The fourth-order valence-corrected chi connectivity index (χ4v) is 3.89. The molecule has 2 aromatic heterocycles. The number of rotatable bonds is 4. The first-order chi connectivity index (χ1) is 14.6. The van der Waals surface area contributed by atoms with Gasteiger partial charge in [0.25, 0.3) is 5.91 Å². The lowest BCUT2D eigenvalue weighted by atomic mass is 10.1. The van der Waals surface area contributed by atoms with E-state index in [-0.39, 0.29) is 18.5 Å². The van der Waals surface area contributed by atoms with Gasteiger partial charge in [0.1, 0.15) is 0 Å². The molecule has 0 saturated heterocycles. The van der Waals surface area contributed by atoms with Crippen LogP contribution in [0.3, 0.4) is 0 Å². The Morgan fingerprint density at radius 3 is 2.80 bits per heavy atom. The second kappa shape index (κ2) is 7.55. The molecule has 150 valence electrons. The van der Waals surface area contributed by atoms with Crippen molar-refractivity contribution in [2.45, 2.75) is 6.54 Å². The normalized spacial score (nSPS) is 12.3. The third-order valence-electron chi connectivity index (χ3n) is 4.83. The lowest BCUT2D eigenvalue weighted by molar-refractivity contribution is 0.0940. The minimum atomic E-state index is -0.301.